The van der Waals surface area contributed by atoms with E-state index in [4.69, 9.17) is 9.68 Å². The predicted molar refractivity (Wildman–Crippen MR) is 186 cm³/mol. The van der Waals surface area contributed by atoms with Crippen LogP contribution in [-0.4, -0.2) is 30.9 Å². The first-order valence-corrected chi connectivity index (χ1v) is 15.0. The van der Waals surface area contributed by atoms with Crippen LogP contribution in [0.15, 0.2) is 139 Å². The normalized spacial score (nSPS) is 12.2. The summed E-state index contributed by atoms with van der Waals surface area (Å²) >= 11 is 0. The quantitative estimate of drug-likeness (QED) is 0.0951. The van der Waals surface area contributed by atoms with E-state index in [1.54, 1.807) is 12.1 Å². The average molecular weight is 608 g/mol. The molecule has 8 heteroatoms. The molecule has 0 saturated heterocycles. The van der Waals surface area contributed by atoms with Crippen molar-refractivity contribution in [2.45, 2.75) is 13.8 Å². The third-order valence-electron chi connectivity index (χ3n) is 8.44. The highest BCUT2D eigenvalue weighted by atomic mass is 16.8. The molecule has 5 aromatic carbocycles. The molecule has 0 aromatic heterocycles. The zero-order valence-electron chi connectivity index (χ0n) is 26.3. The monoisotopic (exact) mass is 607 g/mol. The summed E-state index contributed by atoms with van der Waals surface area (Å²) in [5.41, 5.74) is 11.4. The maximum atomic E-state index is 12.7. The van der Waals surface area contributed by atoms with Crippen LogP contribution in [0.25, 0.3) is 33.4 Å². The Morgan fingerprint density at radius 3 is 1.76 bits per heavy atom. The first kappa shape index (κ1) is 30.3. The Kier molecular flexibility index (Phi) is 8.36. The molecule has 5 aromatic rings. The van der Waals surface area contributed by atoms with Gasteiger partial charge in [0, 0.05) is 29.1 Å². The van der Waals surface area contributed by atoms with Crippen LogP contribution >= 0.6 is 0 Å². The Hall–Kier alpha value is -5.76. The van der Waals surface area contributed by atoms with E-state index in [0.29, 0.717) is 21.2 Å². The molecular formula is C38H34BN3O4+2. The van der Waals surface area contributed by atoms with Gasteiger partial charge in [-0.25, -0.2) is 9.68 Å². The molecule has 0 radical (unpaired) electrons. The van der Waals surface area contributed by atoms with Gasteiger partial charge in [0.25, 0.3) is 9.85 Å². The maximum Gasteiger partial charge on any atom is 0.328 e. The topological polar surface area (TPSA) is 61.9 Å². The fourth-order valence-corrected chi connectivity index (χ4v) is 6.38. The number of fused-ring (bicyclic) bond motifs is 3. The molecule has 1 aliphatic rings. The van der Waals surface area contributed by atoms with E-state index in [-0.39, 0.29) is 6.85 Å². The van der Waals surface area contributed by atoms with Gasteiger partial charge in [-0.15, -0.1) is 0 Å². The van der Waals surface area contributed by atoms with Gasteiger partial charge in [-0.1, -0.05) is 96.5 Å². The van der Waals surface area contributed by atoms with E-state index in [0.717, 1.165) is 61.3 Å². The molecule has 0 atom stereocenters. The van der Waals surface area contributed by atoms with Crippen molar-refractivity contribution in [2.24, 2.45) is 0 Å². The SMILES string of the molecule is C=C(C)/C(=C/C)B1c2cc(-c3ccccc3[N+](=O)OC)ccc2-c2ccc(-c3ccccc3[N+](=O)OC)cc2N1c1ccccc1. The van der Waals surface area contributed by atoms with Crippen LogP contribution in [-0.2, 0) is 9.68 Å². The lowest BCUT2D eigenvalue weighted by molar-refractivity contribution is -0.736. The van der Waals surface area contributed by atoms with E-state index in [1.165, 1.54) is 14.2 Å². The number of benzene rings is 5. The summed E-state index contributed by atoms with van der Waals surface area (Å²) in [4.78, 5) is 38.8. The molecular weight excluding hydrogens is 573 g/mol. The Morgan fingerprint density at radius 2 is 1.22 bits per heavy atom. The molecule has 0 bridgehead atoms. The van der Waals surface area contributed by atoms with Gasteiger partial charge in [0.05, 0.1) is 20.9 Å². The minimum atomic E-state index is -0.245. The van der Waals surface area contributed by atoms with Gasteiger partial charge in [0.2, 0.25) is 0 Å². The molecule has 46 heavy (non-hydrogen) atoms. The van der Waals surface area contributed by atoms with E-state index in [9.17, 15) is 9.81 Å². The van der Waals surface area contributed by atoms with Crippen molar-refractivity contribution in [3.63, 3.8) is 0 Å². The third-order valence-corrected chi connectivity index (χ3v) is 8.44. The molecule has 0 unspecified atom stereocenters. The number of hydrogen-bond donors (Lipinski definition) is 0. The molecule has 0 amide bonds. The van der Waals surface area contributed by atoms with Gasteiger partial charge in [-0.2, -0.15) is 0 Å². The van der Waals surface area contributed by atoms with Crippen LogP contribution in [0.1, 0.15) is 13.8 Å². The van der Waals surface area contributed by atoms with Gasteiger partial charge in [0.1, 0.15) is 0 Å². The fourth-order valence-electron chi connectivity index (χ4n) is 6.38. The zero-order chi connectivity index (χ0) is 32.4. The smallest absolute Gasteiger partial charge is 0.328 e. The second-order valence-corrected chi connectivity index (χ2v) is 11.1. The molecule has 6 rings (SSSR count). The maximum absolute atomic E-state index is 12.7. The molecule has 0 aliphatic carbocycles. The largest absolute Gasteiger partial charge is 0.376 e. The van der Waals surface area contributed by atoms with Crippen molar-refractivity contribution >= 4 is 35.1 Å². The summed E-state index contributed by atoms with van der Waals surface area (Å²) < 4.78 is 0. The van der Waals surface area contributed by atoms with Crippen LogP contribution in [0.2, 0.25) is 0 Å². The summed E-state index contributed by atoms with van der Waals surface area (Å²) in [6, 6.07) is 37.8. The number of para-hydroxylation sites is 3. The first-order chi connectivity index (χ1) is 22.4. The highest BCUT2D eigenvalue weighted by Crippen LogP contribution is 2.45. The molecule has 0 saturated carbocycles. The minimum Gasteiger partial charge on any atom is -0.376 e. The number of anilines is 2. The number of hydrogen-bond acceptors (Lipinski definition) is 5. The standard InChI is InChI=1S/C38H34BN3O4/c1-6-34(26(2)3)39-35-24-27(30-16-10-12-18-36(30)41(43)45-4)20-22-32(35)33-23-21-28(31-17-11-13-19-37(31)42(44)46-5)25-38(33)40(39)29-14-8-7-9-15-29/h6-25H,2H2,1,3-5H3/q+2/b34-6-. The summed E-state index contributed by atoms with van der Waals surface area (Å²) in [7, 11) is 2.73. The lowest BCUT2D eigenvalue weighted by Gasteiger charge is -2.40. The van der Waals surface area contributed by atoms with Gasteiger partial charge in [-0.3, -0.25) is 0 Å². The molecule has 0 N–H and O–H groups in total. The second-order valence-electron chi connectivity index (χ2n) is 11.1. The predicted octanol–water partition coefficient (Wildman–Crippen LogP) is 9.04. The summed E-state index contributed by atoms with van der Waals surface area (Å²) in [6.07, 6.45) is 2.12. The number of nitrogens with zero attached hydrogens (tertiary/aromatic N) is 3. The van der Waals surface area contributed by atoms with Crippen LogP contribution in [0, 0.1) is 9.81 Å². The molecule has 1 heterocycles. The number of allylic oxidation sites excluding steroid dienone is 3. The van der Waals surface area contributed by atoms with E-state index >= 15 is 0 Å². The summed E-state index contributed by atoms with van der Waals surface area (Å²) in [6.45, 7) is 8.20. The molecule has 1 aliphatic heterocycles. The average Bonchev–Trinajstić information content (AvgIpc) is 3.11. The van der Waals surface area contributed by atoms with Gasteiger partial charge in [0.15, 0.2) is 14.2 Å². The molecule has 0 fully saturated rings. The minimum absolute atomic E-state index is 0.245. The Balaban J connectivity index is 1.66. The lowest BCUT2D eigenvalue weighted by Crippen LogP contribution is -2.51. The number of rotatable bonds is 9. The Morgan fingerprint density at radius 1 is 0.696 bits per heavy atom. The van der Waals surface area contributed by atoms with Gasteiger partial charge < -0.3 is 4.81 Å². The Labute approximate surface area is 269 Å². The van der Waals surface area contributed by atoms with Crippen LogP contribution in [0.4, 0.5) is 22.7 Å². The van der Waals surface area contributed by atoms with E-state index in [2.05, 4.69) is 53.9 Å². The van der Waals surface area contributed by atoms with Crippen LogP contribution < -0.4 is 10.3 Å². The first-order valence-electron chi connectivity index (χ1n) is 15.0. The van der Waals surface area contributed by atoms with Gasteiger partial charge in [-0.05, 0) is 66.3 Å². The highest BCUT2D eigenvalue weighted by molar-refractivity contribution is 6.87. The zero-order valence-corrected chi connectivity index (χ0v) is 26.3. The molecule has 226 valence electrons. The van der Waals surface area contributed by atoms with Crippen molar-refractivity contribution in [1.82, 2.24) is 0 Å². The van der Waals surface area contributed by atoms with Crippen molar-refractivity contribution in [1.29, 1.82) is 0 Å². The Bertz CT molecular complexity index is 2020. The second kappa shape index (κ2) is 12.7. The lowest BCUT2D eigenvalue weighted by atomic mass is 9.43. The van der Waals surface area contributed by atoms with Crippen LogP contribution in [0.3, 0.4) is 0 Å². The van der Waals surface area contributed by atoms with Gasteiger partial charge >= 0.3 is 18.2 Å². The highest BCUT2D eigenvalue weighted by Gasteiger charge is 2.39. The van der Waals surface area contributed by atoms with Crippen LogP contribution in [0.5, 0.6) is 0 Å². The molecule has 7 nitrogen and oxygen atoms in total. The fraction of sp³-hybridized carbons (Fsp3) is 0.105. The van der Waals surface area contributed by atoms with Crippen molar-refractivity contribution in [3.05, 3.63) is 149 Å². The van der Waals surface area contributed by atoms with E-state index in [1.807, 2.05) is 80.6 Å². The van der Waals surface area contributed by atoms with E-state index < -0.39 is 0 Å². The van der Waals surface area contributed by atoms with Crippen molar-refractivity contribution in [2.75, 3.05) is 19.0 Å². The summed E-state index contributed by atoms with van der Waals surface area (Å²) in [5, 5.41) is 0. The van der Waals surface area contributed by atoms with Crippen molar-refractivity contribution in [3.8, 4) is 33.4 Å². The molecule has 0 spiro atoms. The third kappa shape index (κ3) is 5.28. The van der Waals surface area contributed by atoms with Crippen molar-refractivity contribution < 1.29 is 19.5 Å². The summed E-state index contributed by atoms with van der Waals surface area (Å²) in [5.74, 6) is 0.